The van der Waals surface area contributed by atoms with E-state index in [1.807, 2.05) is 0 Å². The highest BCUT2D eigenvalue weighted by atomic mass is 16.5. The molecule has 0 spiro atoms. The lowest BCUT2D eigenvalue weighted by molar-refractivity contribution is -0.898. The van der Waals surface area contributed by atoms with Crippen molar-refractivity contribution in [3.05, 3.63) is 0 Å². The molecule has 0 radical (unpaired) electrons. The van der Waals surface area contributed by atoms with Crippen molar-refractivity contribution in [3.63, 3.8) is 0 Å². The third-order valence-corrected chi connectivity index (χ3v) is 3.03. The molecule has 0 unspecified atom stereocenters. The van der Waals surface area contributed by atoms with Gasteiger partial charge in [0.05, 0.1) is 53.2 Å². The van der Waals surface area contributed by atoms with Gasteiger partial charge in [-0.15, -0.1) is 0 Å². The van der Waals surface area contributed by atoms with Crippen LogP contribution in [0.5, 0.6) is 0 Å². The first-order valence-corrected chi connectivity index (χ1v) is 5.87. The Balaban J connectivity index is 1.88. The molecule has 1 fully saturated rings. The average molecular weight is 218 g/mol. The molecule has 1 rings (SSSR count). The fraction of sp³-hybridized carbons (Fsp3) is 1.00. The maximum Gasteiger partial charge on any atom is 0.102 e. The molecule has 1 saturated heterocycles. The van der Waals surface area contributed by atoms with E-state index in [1.165, 1.54) is 25.9 Å². The number of likely N-dealkylation sites (tertiary alicyclic amines) is 1. The maximum atomic E-state index is 8.48. The number of hydrogen-bond donors (Lipinski definition) is 1. The van der Waals surface area contributed by atoms with E-state index in [4.69, 9.17) is 14.6 Å². The molecule has 4 nitrogen and oxygen atoms in total. The van der Waals surface area contributed by atoms with E-state index < -0.39 is 0 Å². The maximum absolute atomic E-state index is 8.48. The second-order valence-corrected chi connectivity index (χ2v) is 4.45. The van der Waals surface area contributed by atoms with E-state index in [1.54, 1.807) is 0 Å². The number of likely N-dealkylation sites (N-methyl/N-ethyl adjacent to an activating group) is 1. The van der Waals surface area contributed by atoms with Crippen LogP contribution in [-0.2, 0) is 9.47 Å². The Kier molecular flexibility index (Phi) is 6.17. The molecule has 90 valence electrons. The summed E-state index contributed by atoms with van der Waals surface area (Å²) in [5.74, 6) is 0. The molecule has 0 aromatic rings. The summed E-state index contributed by atoms with van der Waals surface area (Å²) >= 11 is 0. The van der Waals surface area contributed by atoms with Crippen molar-refractivity contribution in [2.24, 2.45) is 0 Å². The van der Waals surface area contributed by atoms with Crippen molar-refractivity contribution >= 4 is 0 Å². The van der Waals surface area contributed by atoms with E-state index in [0.717, 1.165) is 17.6 Å². The van der Waals surface area contributed by atoms with Gasteiger partial charge in [-0.2, -0.15) is 0 Å². The van der Waals surface area contributed by atoms with Gasteiger partial charge in [0.15, 0.2) is 0 Å². The minimum Gasteiger partial charge on any atom is -0.394 e. The molecule has 0 amide bonds. The van der Waals surface area contributed by atoms with E-state index in [-0.39, 0.29) is 6.61 Å². The van der Waals surface area contributed by atoms with Gasteiger partial charge >= 0.3 is 0 Å². The topological polar surface area (TPSA) is 38.7 Å². The lowest BCUT2D eigenvalue weighted by Gasteiger charge is -2.28. The minimum absolute atomic E-state index is 0.0922. The molecule has 0 aromatic carbocycles. The molecular weight excluding hydrogens is 194 g/mol. The lowest BCUT2D eigenvalue weighted by Crippen LogP contribution is -2.43. The molecule has 0 saturated carbocycles. The highest BCUT2D eigenvalue weighted by Gasteiger charge is 2.25. The van der Waals surface area contributed by atoms with Gasteiger partial charge in [0, 0.05) is 12.8 Å². The van der Waals surface area contributed by atoms with Crippen LogP contribution in [-0.4, -0.2) is 69.3 Å². The number of aliphatic hydroxyl groups excluding tert-OH is 1. The van der Waals surface area contributed by atoms with Crippen molar-refractivity contribution in [1.29, 1.82) is 0 Å². The zero-order valence-electron chi connectivity index (χ0n) is 9.78. The minimum atomic E-state index is 0.0922. The van der Waals surface area contributed by atoms with Crippen LogP contribution >= 0.6 is 0 Å². The fourth-order valence-electron chi connectivity index (χ4n) is 1.99. The van der Waals surface area contributed by atoms with E-state index in [2.05, 4.69) is 7.05 Å². The highest BCUT2D eigenvalue weighted by molar-refractivity contribution is 4.51. The lowest BCUT2D eigenvalue weighted by atomic mass is 10.4. The predicted molar refractivity (Wildman–Crippen MR) is 58.7 cm³/mol. The molecule has 1 heterocycles. The zero-order valence-corrected chi connectivity index (χ0v) is 9.78. The van der Waals surface area contributed by atoms with Gasteiger partial charge in [-0.1, -0.05) is 0 Å². The number of nitrogens with zero attached hydrogens (tertiary/aromatic N) is 1. The Labute approximate surface area is 92.4 Å². The number of quaternary nitrogens is 1. The van der Waals surface area contributed by atoms with Gasteiger partial charge in [0.2, 0.25) is 0 Å². The highest BCUT2D eigenvalue weighted by Crippen LogP contribution is 2.15. The van der Waals surface area contributed by atoms with Gasteiger partial charge in [-0.3, -0.25) is 0 Å². The van der Waals surface area contributed by atoms with E-state index in [9.17, 15) is 0 Å². The first-order valence-electron chi connectivity index (χ1n) is 5.87. The van der Waals surface area contributed by atoms with Crippen molar-refractivity contribution in [2.45, 2.75) is 12.8 Å². The summed E-state index contributed by atoms with van der Waals surface area (Å²) in [6, 6.07) is 0. The molecule has 4 heteroatoms. The molecule has 1 aliphatic rings. The summed E-state index contributed by atoms with van der Waals surface area (Å²) < 4.78 is 11.7. The fourth-order valence-corrected chi connectivity index (χ4v) is 1.99. The van der Waals surface area contributed by atoms with Crippen LogP contribution in [0.4, 0.5) is 0 Å². The third-order valence-electron chi connectivity index (χ3n) is 3.03. The summed E-state index contributed by atoms with van der Waals surface area (Å²) in [6.45, 7) is 6.25. The summed E-state index contributed by atoms with van der Waals surface area (Å²) in [5.41, 5.74) is 0. The molecule has 0 aliphatic carbocycles. The second-order valence-electron chi connectivity index (χ2n) is 4.45. The van der Waals surface area contributed by atoms with Crippen LogP contribution in [0.25, 0.3) is 0 Å². The van der Waals surface area contributed by atoms with Crippen LogP contribution < -0.4 is 0 Å². The van der Waals surface area contributed by atoms with Gasteiger partial charge < -0.3 is 19.1 Å². The van der Waals surface area contributed by atoms with Gasteiger partial charge in [0.1, 0.15) is 6.54 Å². The Morgan fingerprint density at radius 2 is 1.60 bits per heavy atom. The monoisotopic (exact) mass is 218 g/mol. The van der Waals surface area contributed by atoms with Gasteiger partial charge in [0.25, 0.3) is 0 Å². The molecule has 0 bridgehead atoms. The van der Waals surface area contributed by atoms with Crippen LogP contribution in [0.15, 0.2) is 0 Å². The standard InChI is InChI=1S/C11H24NO3/c1-12(4-2-3-5-12)6-8-14-10-11-15-9-7-13/h13H,2-11H2,1H3/q+1. The van der Waals surface area contributed by atoms with Crippen LogP contribution in [0.1, 0.15) is 12.8 Å². The van der Waals surface area contributed by atoms with E-state index >= 15 is 0 Å². The van der Waals surface area contributed by atoms with Gasteiger partial charge in [-0.05, 0) is 0 Å². The normalized spacial score (nSPS) is 19.6. The Bertz CT molecular complexity index is 158. The molecule has 15 heavy (non-hydrogen) atoms. The molecule has 1 N–H and O–H groups in total. The van der Waals surface area contributed by atoms with Crippen LogP contribution in [0.2, 0.25) is 0 Å². The third kappa shape index (κ3) is 5.47. The first kappa shape index (κ1) is 12.9. The summed E-state index contributed by atoms with van der Waals surface area (Å²) in [7, 11) is 2.30. The predicted octanol–water partition coefficient (Wildman–Crippen LogP) is 0.252. The Morgan fingerprint density at radius 3 is 2.20 bits per heavy atom. The quantitative estimate of drug-likeness (QED) is 0.469. The Hall–Kier alpha value is -0.160. The number of rotatable bonds is 8. The van der Waals surface area contributed by atoms with Crippen molar-refractivity contribution in [1.82, 2.24) is 0 Å². The number of hydrogen-bond acceptors (Lipinski definition) is 3. The SMILES string of the molecule is C[N+]1(CCOCCOCCO)CCCC1. The molecule has 0 aromatic heterocycles. The van der Waals surface area contributed by atoms with Crippen LogP contribution in [0.3, 0.4) is 0 Å². The second kappa shape index (κ2) is 7.17. The summed E-state index contributed by atoms with van der Waals surface area (Å²) in [4.78, 5) is 0. The number of ether oxygens (including phenoxy) is 2. The van der Waals surface area contributed by atoms with Gasteiger partial charge in [-0.25, -0.2) is 0 Å². The van der Waals surface area contributed by atoms with Crippen molar-refractivity contribution < 1.29 is 19.1 Å². The smallest absolute Gasteiger partial charge is 0.102 e. The number of aliphatic hydroxyl groups is 1. The van der Waals surface area contributed by atoms with Crippen molar-refractivity contribution in [2.75, 3.05) is 59.7 Å². The molecule has 0 atom stereocenters. The summed E-state index contributed by atoms with van der Waals surface area (Å²) in [6.07, 6.45) is 2.71. The Morgan fingerprint density at radius 1 is 1.00 bits per heavy atom. The average Bonchev–Trinajstić information content (AvgIpc) is 2.64. The van der Waals surface area contributed by atoms with E-state index in [0.29, 0.717) is 19.8 Å². The molecule has 1 aliphatic heterocycles. The largest absolute Gasteiger partial charge is 0.394 e. The van der Waals surface area contributed by atoms with Crippen LogP contribution in [0, 0.1) is 0 Å². The molecular formula is C11H24NO3+. The van der Waals surface area contributed by atoms with Crippen molar-refractivity contribution in [3.8, 4) is 0 Å². The summed E-state index contributed by atoms with van der Waals surface area (Å²) in [5, 5.41) is 8.48. The first-order chi connectivity index (χ1) is 7.27. The zero-order chi connectivity index (χ0) is 11.0.